The second-order valence-electron chi connectivity index (χ2n) is 3.21. The molecule has 0 amide bonds. The number of Topliss-reactive ketones (excluding diaryl/α,β-unsaturated/α-hetero) is 1. The molecule has 0 unspecified atom stereocenters. The molecule has 1 rings (SSSR count). The van der Waals surface area contributed by atoms with Crippen molar-refractivity contribution >= 4 is 23.6 Å². The Kier molecular flexibility index (Phi) is 3.37. The predicted octanol–water partition coefficient (Wildman–Crippen LogP) is 0.385. The smallest absolute Gasteiger partial charge is 0.342 e. The fourth-order valence-corrected chi connectivity index (χ4v) is 1.16. The van der Waals surface area contributed by atoms with Crippen LogP contribution in [0.5, 0.6) is 0 Å². The maximum absolute atomic E-state index is 11.0. The van der Waals surface area contributed by atoms with Crippen LogP contribution in [0, 0.1) is 10.1 Å². The summed E-state index contributed by atoms with van der Waals surface area (Å²) in [7, 11) is 1.36. The number of ketones is 1. The van der Waals surface area contributed by atoms with Crippen molar-refractivity contribution in [2.75, 3.05) is 0 Å². The lowest BCUT2D eigenvalue weighted by Crippen LogP contribution is -2.09. The van der Waals surface area contributed by atoms with Gasteiger partial charge in [-0.2, -0.15) is 0 Å². The van der Waals surface area contributed by atoms with Crippen LogP contribution in [0.15, 0.2) is 11.8 Å². The van der Waals surface area contributed by atoms with Gasteiger partial charge in [0.05, 0.1) is 7.05 Å². The third-order valence-corrected chi connectivity index (χ3v) is 2.07. The van der Waals surface area contributed by atoms with Crippen LogP contribution in [-0.2, 0) is 16.6 Å². The van der Waals surface area contributed by atoms with E-state index in [1.165, 1.54) is 7.05 Å². The van der Waals surface area contributed by atoms with E-state index in [0.717, 1.165) is 23.8 Å². The first-order chi connectivity index (χ1) is 7.84. The van der Waals surface area contributed by atoms with Gasteiger partial charge in [-0.1, -0.05) is 0 Å². The van der Waals surface area contributed by atoms with Gasteiger partial charge in [0.2, 0.25) is 5.82 Å². The summed E-state index contributed by atoms with van der Waals surface area (Å²) in [5.41, 5.74) is -0.478. The minimum absolute atomic E-state index is 0.0318. The van der Waals surface area contributed by atoms with Crippen molar-refractivity contribution in [3.63, 3.8) is 0 Å². The number of carboxylic acids is 1. The molecule has 0 fully saturated rings. The lowest BCUT2D eigenvalue weighted by Gasteiger charge is -1.96. The molecule has 8 nitrogen and oxygen atoms in total. The summed E-state index contributed by atoms with van der Waals surface area (Å²) >= 11 is 0. The highest BCUT2D eigenvalue weighted by molar-refractivity contribution is 6.18. The van der Waals surface area contributed by atoms with Gasteiger partial charge in [0.1, 0.15) is 11.8 Å². The SMILES string of the molecule is CC(=O)C(=Cc1ncc([N+](=O)[O-])n1C)C(=O)O. The fourth-order valence-electron chi connectivity index (χ4n) is 1.16. The van der Waals surface area contributed by atoms with Crippen molar-refractivity contribution in [3.05, 3.63) is 27.7 Å². The molecule has 8 heteroatoms. The number of carbonyl (C=O) groups is 2. The third-order valence-electron chi connectivity index (χ3n) is 2.07. The Morgan fingerprint density at radius 3 is 2.53 bits per heavy atom. The number of rotatable bonds is 4. The number of aromatic nitrogens is 2. The van der Waals surface area contributed by atoms with Crippen LogP contribution in [-0.4, -0.2) is 31.3 Å². The number of nitro groups is 1. The molecule has 0 aliphatic carbocycles. The number of carboxylic acid groups (broad SMARTS) is 1. The molecule has 0 spiro atoms. The first-order valence-corrected chi connectivity index (χ1v) is 4.46. The zero-order valence-electron chi connectivity index (χ0n) is 9.08. The zero-order chi connectivity index (χ0) is 13.2. The van der Waals surface area contributed by atoms with Crippen LogP contribution >= 0.6 is 0 Å². The number of carbonyl (C=O) groups excluding carboxylic acids is 1. The van der Waals surface area contributed by atoms with Gasteiger partial charge in [0.15, 0.2) is 5.78 Å². The van der Waals surface area contributed by atoms with E-state index in [4.69, 9.17) is 5.11 Å². The van der Waals surface area contributed by atoms with Gasteiger partial charge in [-0.25, -0.2) is 14.3 Å². The molecule has 17 heavy (non-hydrogen) atoms. The van der Waals surface area contributed by atoms with E-state index in [0.29, 0.717) is 0 Å². The number of imidazole rings is 1. The van der Waals surface area contributed by atoms with Crippen molar-refractivity contribution in [3.8, 4) is 0 Å². The van der Waals surface area contributed by atoms with Crippen molar-refractivity contribution < 1.29 is 19.6 Å². The normalized spacial score (nSPS) is 11.3. The summed E-state index contributed by atoms with van der Waals surface area (Å²) in [4.78, 5) is 35.3. The third kappa shape index (κ3) is 2.54. The maximum Gasteiger partial charge on any atom is 0.342 e. The van der Waals surface area contributed by atoms with Crippen molar-refractivity contribution in [2.45, 2.75) is 6.92 Å². The van der Waals surface area contributed by atoms with Crippen LogP contribution in [0.1, 0.15) is 12.7 Å². The van der Waals surface area contributed by atoms with E-state index in [2.05, 4.69) is 4.98 Å². The summed E-state index contributed by atoms with van der Waals surface area (Å²) in [6.45, 7) is 1.09. The predicted molar refractivity (Wildman–Crippen MR) is 56.2 cm³/mol. The van der Waals surface area contributed by atoms with Gasteiger partial charge < -0.3 is 15.2 Å². The first kappa shape index (κ1) is 12.6. The van der Waals surface area contributed by atoms with Crippen LogP contribution in [0.3, 0.4) is 0 Å². The molecule has 1 aromatic rings. The molecular formula is C9H9N3O5. The Morgan fingerprint density at radius 1 is 1.59 bits per heavy atom. The minimum Gasteiger partial charge on any atom is -0.478 e. The summed E-state index contributed by atoms with van der Waals surface area (Å²) in [5, 5.41) is 19.3. The molecule has 0 bridgehead atoms. The van der Waals surface area contributed by atoms with Gasteiger partial charge in [-0.3, -0.25) is 4.79 Å². The van der Waals surface area contributed by atoms with Gasteiger partial charge >= 0.3 is 11.8 Å². The second kappa shape index (κ2) is 4.56. The number of aliphatic carboxylic acids is 1. The molecule has 1 heterocycles. The van der Waals surface area contributed by atoms with Crippen molar-refractivity contribution in [1.82, 2.24) is 9.55 Å². The van der Waals surface area contributed by atoms with Gasteiger partial charge in [0, 0.05) is 6.08 Å². The van der Waals surface area contributed by atoms with E-state index in [9.17, 15) is 19.7 Å². The highest BCUT2D eigenvalue weighted by Gasteiger charge is 2.19. The Bertz CT molecular complexity index is 513. The summed E-state index contributed by atoms with van der Waals surface area (Å²) < 4.78 is 1.09. The van der Waals surface area contributed by atoms with Crippen LogP contribution in [0.25, 0.3) is 6.08 Å². The first-order valence-electron chi connectivity index (χ1n) is 4.46. The molecule has 0 aromatic carbocycles. The minimum atomic E-state index is -1.40. The average molecular weight is 239 g/mol. The highest BCUT2D eigenvalue weighted by atomic mass is 16.6. The van der Waals surface area contributed by atoms with Crippen LogP contribution in [0.4, 0.5) is 5.82 Å². The standard InChI is InChI=1S/C9H9N3O5/c1-5(13)6(9(14)15)3-7-10-4-8(11(7)2)12(16)17/h3-4H,1-2H3,(H,14,15). The lowest BCUT2D eigenvalue weighted by molar-refractivity contribution is -0.391. The Hall–Kier alpha value is -2.51. The molecule has 0 saturated heterocycles. The molecule has 0 aliphatic rings. The fraction of sp³-hybridized carbons (Fsp3) is 0.222. The van der Waals surface area contributed by atoms with E-state index in [1.54, 1.807) is 0 Å². The largest absolute Gasteiger partial charge is 0.478 e. The maximum atomic E-state index is 11.0. The van der Waals surface area contributed by atoms with Crippen LogP contribution in [0.2, 0.25) is 0 Å². The number of nitrogens with zero attached hydrogens (tertiary/aromatic N) is 3. The number of hydrogen-bond acceptors (Lipinski definition) is 5. The highest BCUT2D eigenvalue weighted by Crippen LogP contribution is 2.14. The Balaban J connectivity index is 3.26. The monoisotopic (exact) mass is 239 g/mol. The van der Waals surface area contributed by atoms with Gasteiger partial charge in [0.25, 0.3) is 0 Å². The molecule has 0 radical (unpaired) electrons. The Labute approximate surface area is 95.3 Å². The molecule has 1 aromatic heterocycles. The Morgan fingerprint density at radius 2 is 2.18 bits per heavy atom. The van der Waals surface area contributed by atoms with E-state index >= 15 is 0 Å². The summed E-state index contributed by atoms with van der Waals surface area (Å²) in [6, 6.07) is 0. The number of hydrogen-bond donors (Lipinski definition) is 1. The molecule has 0 aliphatic heterocycles. The molecular weight excluding hydrogens is 230 g/mol. The van der Waals surface area contributed by atoms with Gasteiger partial charge in [-0.15, -0.1) is 0 Å². The molecule has 0 atom stereocenters. The van der Waals surface area contributed by atoms with Crippen LogP contribution < -0.4 is 0 Å². The average Bonchev–Trinajstić information content (AvgIpc) is 2.55. The lowest BCUT2D eigenvalue weighted by atomic mass is 10.2. The molecule has 1 N–H and O–H groups in total. The quantitative estimate of drug-likeness (QED) is 0.267. The summed E-state index contributed by atoms with van der Waals surface area (Å²) in [5.74, 6) is -2.31. The van der Waals surface area contributed by atoms with E-state index in [-0.39, 0.29) is 11.6 Å². The van der Waals surface area contributed by atoms with Crippen molar-refractivity contribution in [2.24, 2.45) is 7.05 Å². The van der Waals surface area contributed by atoms with Gasteiger partial charge in [-0.05, 0) is 11.8 Å². The topological polar surface area (TPSA) is 115 Å². The van der Waals surface area contributed by atoms with Crippen molar-refractivity contribution in [1.29, 1.82) is 0 Å². The second-order valence-corrected chi connectivity index (χ2v) is 3.21. The summed E-state index contributed by atoms with van der Waals surface area (Å²) in [6.07, 6.45) is 1.99. The molecule has 0 saturated carbocycles. The molecule has 90 valence electrons. The zero-order valence-corrected chi connectivity index (χ0v) is 9.08. The van der Waals surface area contributed by atoms with E-state index in [1.807, 2.05) is 0 Å². The van der Waals surface area contributed by atoms with E-state index < -0.39 is 22.2 Å².